The molecule has 0 unspecified atom stereocenters. The van der Waals surface area contributed by atoms with Crippen LogP contribution in [0.2, 0.25) is 0 Å². The van der Waals surface area contributed by atoms with Crippen molar-refractivity contribution in [3.05, 3.63) is 58.9 Å². The van der Waals surface area contributed by atoms with Crippen molar-refractivity contribution in [1.82, 2.24) is 9.80 Å². The van der Waals surface area contributed by atoms with Crippen LogP contribution < -0.4 is 4.74 Å². The third kappa shape index (κ3) is 5.26. The van der Waals surface area contributed by atoms with E-state index >= 15 is 0 Å². The summed E-state index contributed by atoms with van der Waals surface area (Å²) in [7, 11) is 0. The van der Waals surface area contributed by atoms with Crippen molar-refractivity contribution < 1.29 is 23.5 Å². The highest BCUT2D eigenvalue weighted by molar-refractivity contribution is 8.03. The van der Waals surface area contributed by atoms with E-state index in [-0.39, 0.29) is 11.8 Å². The summed E-state index contributed by atoms with van der Waals surface area (Å²) in [5.41, 5.74) is 1.18. The molecule has 0 bridgehead atoms. The van der Waals surface area contributed by atoms with Crippen molar-refractivity contribution >= 4 is 29.1 Å². The number of imide groups is 1. The lowest BCUT2D eigenvalue weighted by atomic mass is 10.1. The summed E-state index contributed by atoms with van der Waals surface area (Å²) >= 11 is 1.35. The molecule has 1 aromatic heterocycles. The lowest BCUT2D eigenvalue weighted by Crippen LogP contribution is -2.43. The van der Waals surface area contributed by atoms with Crippen molar-refractivity contribution in [1.29, 1.82) is 0 Å². The Morgan fingerprint density at radius 2 is 1.81 bits per heavy atom. The zero-order chi connectivity index (χ0) is 22.3. The number of nitrogens with zero attached hydrogens (tertiary/aromatic N) is 2. The Hall–Kier alpha value is -2.55. The van der Waals surface area contributed by atoms with Gasteiger partial charge in [-0.2, -0.15) is 0 Å². The van der Waals surface area contributed by atoms with E-state index in [1.165, 1.54) is 16.7 Å². The highest BCUT2D eigenvalue weighted by Gasteiger charge is 2.39. The minimum atomic E-state index is -0.243. The van der Waals surface area contributed by atoms with Gasteiger partial charge in [-0.1, -0.05) is 19.1 Å². The lowest BCUT2D eigenvalue weighted by molar-refractivity contribution is -0.136. The van der Waals surface area contributed by atoms with Crippen LogP contribution in [0, 0.1) is 0 Å². The predicted octanol–water partition coefficient (Wildman–Crippen LogP) is 3.41. The maximum Gasteiger partial charge on any atom is 0.268 e. The monoisotopic (exact) mass is 456 g/mol. The zero-order valence-electron chi connectivity index (χ0n) is 18.2. The van der Waals surface area contributed by atoms with Crippen LogP contribution >= 0.6 is 11.8 Å². The van der Waals surface area contributed by atoms with Crippen molar-refractivity contribution in [2.45, 2.75) is 19.1 Å². The number of hydrogen-bond donors (Lipinski definition) is 0. The van der Waals surface area contributed by atoms with E-state index in [9.17, 15) is 9.59 Å². The number of ether oxygens (including phenoxy) is 2. The van der Waals surface area contributed by atoms with E-state index in [1.54, 1.807) is 6.26 Å². The molecule has 3 heterocycles. The molecule has 32 heavy (non-hydrogen) atoms. The van der Waals surface area contributed by atoms with Crippen molar-refractivity contribution in [3.8, 4) is 5.75 Å². The predicted molar refractivity (Wildman–Crippen MR) is 123 cm³/mol. The minimum absolute atomic E-state index is 0.235. The molecule has 2 aliphatic rings. The van der Waals surface area contributed by atoms with E-state index in [0.717, 1.165) is 36.6 Å². The normalized spacial score (nSPS) is 17.5. The first-order valence-corrected chi connectivity index (χ1v) is 11.9. The number of carbonyl (C=O) groups excluding carboxylic acids is 2. The van der Waals surface area contributed by atoms with Crippen LogP contribution in [0.1, 0.15) is 24.7 Å². The molecule has 2 amide bonds. The van der Waals surface area contributed by atoms with Gasteiger partial charge < -0.3 is 13.9 Å². The maximum atomic E-state index is 13.4. The second-order valence-electron chi connectivity index (χ2n) is 7.66. The van der Waals surface area contributed by atoms with Crippen LogP contribution in [0.5, 0.6) is 5.75 Å². The van der Waals surface area contributed by atoms with Gasteiger partial charge in [0.1, 0.15) is 11.5 Å². The van der Waals surface area contributed by atoms with Crippen LogP contribution in [0.15, 0.2) is 52.0 Å². The molecule has 2 aliphatic heterocycles. The van der Waals surface area contributed by atoms with Crippen molar-refractivity contribution in [2.24, 2.45) is 0 Å². The number of thioether (sulfide) groups is 1. The topological polar surface area (TPSA) is 72.2 Å². The molecule has 1 saturated heterocycles. The average Bonchev–Trinajstić information content (AvgIpc) is 3.42. The average molecular weight is 457 g/mol. The highest BCUT2D eigenvalue weighted by Crippen LogP contribution is 2.38. The van der Waals surface area contributed by atoms with Gasteiger partial charge in [0.15, 0.2) is 0 Å². The van der Waals surface area contributed by atoms with Gasteiger partial charge in [0.05, 0.1) is 42.3 Å². The summed E-state index contributed by atoms with van der Waals surface area (Å²) < 4.78 is 16.5. The standard InChI is InChI=1S/C24H28N2O5S/c1-2-13-30-19-7-5-18(6-8-19)21-22(32-17-20-4-3-14-31-20)24(28)26(23(21)27)10-9-25-11-15-29-16-12-25/h3-8,14H,2,9-13,15-17H2,1H3. The van der Waals surface area contributed by atoms with E-state index < -0.39 is 0 Å². The SMILES string of the molecule is CCCOc1ccc(C2=C(SCc3ccco3)C(=O)N(CCN3CCOCC3)C2=O)cc1. The Balaban J connectivity index is 1.54. The summed E-state index contributed by atoms with van der Waals surface area (Å²) in [6, 6.07) is 11.1. The molecule has 7 nitrogen and oxygen atoms in total. The molecule has 1 fully saturated rings. The van der Waals surface area contributed by atoms with Gasteiger partial charge in [0.2, 0.25) is 0 Å². The van der Waals surface area contributed by atoms with Gasteiger partial charge in [0, 0.05) is 26.2 Å². The number of furan rings is 1. The quantitative estimate of drug-likeness (QED) is 0.507. The largest absolute Gasteiger partial charge is 0.494 e. The Kier molecular flexibility index (Phi) is 7.68. The van der Waals surface area contributed by atoms with Crippen LogP contribution in [-0.2, 0) is 20.1 Å². The van der Waals surface area contributed by atoms with Crippen LogP contribution in [-0.4, -0.2) is 67.6 Å². The Morgan fingerprint density at radius 1 is 1.03 bits per heavy atom. The minimum Gasteiger partial charge on any atom is -0.494 e. The maximum absolute atomic E-state index is 13.4. The highest BCUT2D eigenvalue weighted by atomic mass is 32.2. The number of morpholine rings is 1. The first-order valence-electron chi connectivity index (χ1n) is 11.0. The fraction of sp³-hybridized carbons (Fsp3) is 0.417. The molecule has 2 aromatic rings. The van der Waals surface area contributed by atoms with Gasteiger partial charge in [-0.15, -0.1) is 11.8 Å². The summed E-state index contributed by atoms with van der Waals surface area (Å²) in [6.07, 6.45) is 2.53. The fourth-order valence-electron chi connectivity index (χ4n) is 3.69. The molecule has 0 radical (unpaired) electrons. The van der Waals surface area contributed by atoms with Crippen LogP contribution in [0.4, 0.5) is 0 Å². The molecule has 0 saturated carbocycles. The first kappa shape index (κ1) is 22.6. The smallest absolute Gasteiger partial charge is 0.268 e. The van der Waals surface area contributed by atoms with Gasteiger partial charge in [-0.3, -0.25) is 19.4 Å². The van der Waals surface area contributed by atoms with E-state index in [4.69, 9.17) is 13.9 Å². The Bertz CT molecular complexity index is 949. The molecule has 1 aromatic carbocycles. The summed E-state index contributed by atoms with van der Waals surface area (Å²) in [4.78, 5) is 30.7. The number of rotatable bonds is 10. The fourth-order valence-corrected chi connectivity index (χ4v) is 4.72. The van der Waals surface area contributed by atoms with Crippen LogP contribution in [0.3, 0.4) is 0 Å². The third-order valence-corrected chi connectivity index (χ3v) is 6.52. The Morgan fingerprint density at radius 3 is 2.50 bits per heavy atom. The third-order valence-electron chi connectivity index (χ3n) is 5.42. The Labute approximate surface area is 192 Å². The van der Waals surface area contributed by atoms with Crippen molar-refractivity contribution in [2.75, 3.05) is 46.0 Å². The second kappa shape index (κ2) is 10.8. The molecular formula is C24H28N2O5S. The van der Waals surface area contributed by atoms with Gasteiger partial charge >= 0.3 is 0 Å². The number of hydrogen-bond acceptors (Lipinski definition) is 7. The molecule has 0 aliphatic carbocycles. The summed E-state index contributed by atoms with van der Waals surface area (Å²) in [6.45, 7) is 6.70. The first-order chi connectivity index (χ1) is 15.7. The number of benzene rings is 1. The molecule has 8 heteroatoms. The molecule has 0 spiro atoms. The summed E-state index contributed by atoms with van der Waals surface area (Å²) in [5, 5.41) is 0. The van der Waals surface area contributed by atoms with E-state index in [2.05, 4.69) is 11.8 Å². The van der Waals surface area contributed by atoms with Gasteiger partial charge in [-0.05, 0) is 36.2 Å². The molecule has 0 atom stereocenters. The van der Waals surface area contributed by atoms with Gasteiger partial charge in [0.25, 0.3) is 11.8 Å². The molecular weight excluding hydrogens is 428 g/mol. The van der Waals surface area contributed by atoms with Gasteiger partial charge in [-0.25, -0.2) is 0 Å². The molecule has 4 rings (SSSR count). The second-order valence-corrected chi connectivity index (χ2v) is 8.65. The van der Waals surface area contributed by atoms with Crippen molar-refractivity contribution in [3.63, 3.8) is 0 Å². The number of amides is 2. The molecule has 170 valence electrons. The van der Waals surface area contributed by atoms with E-state index in [0.29, 0.717) is 49.1 Å². The zero-order valence-corrected chi connectivity index (χ0v) is 19.1. The number of carbonyl (C=O) groups is 2. The van der Waals surface area contributed by atoms with E-state index in [1.807, 2.05) is 36.4 Å². The molecule has 0 N–H and O–H groups in total. The lowest BCUT2D eigenvalue weighted by Gasteiger charge is -2.28. The summed E-state index contributed by atoms with van der Waals surface area (Å²) in [5.74, 6) is 1.52. The van der Waals surface area contributed by atoms with Crippen LogP contribution in [0.25, 0.3) is 5.57 Å².